The number of methoxy groups -OCH3 is 2. The monoisotopic (exact) mass is 504 g/mol. The smallest absolute Gasteiger partial charge is 0.305 e. The lowest BCUT2D eigenvalue weighted by Gasteiger charge is -2.21. The summed E-state index contributed by atoms with van der Waals surface area (Å²) in [6.07, 6.45) is 13.0. The van der Waals surface area contributed by atoms with Crippen LogP contribution in [-0.2, 0) is 30.4 Å². The Hall–Kier alpha value is -2.64. The van der Waals surface area contributed by atoms with E-state index in [0.29, 0.717) is 25.9 Å². The number of ether oxygens (including phenoxy) is 4. The highest BCUT2D eigenvalue weighted by atomic mass is 16.5. The molecule has 0 aromatic heterocycles. The van der Waals surface area contributed by atoms with E-state index in [0.717, 1.165) is 49.8 Å². The first kappa shape index (κ1) is 31.4. The molecule has 0 saturated carbocycles. The maximum Gasteiger partial charge on any atom is 0.305 e. The van der Waals surface area contributed by atoms with E-state index >= 15 is 0 Å². The van der Waals surface area contributed by atoms with Crippen molar-refractivity contribution in [3.8, 4) is 5.75 Å². The zero-order valence-electron chi connectivity index (χ0n) is 22.3. The molecule has 3 atom stereocenters. The van der Waals surface area contributed by atoms with Crippen LogP contribution in [0.4, 0.5) is 0 Å². The topological polar surface area (TPSA) is 91.3 Å². The van der Waals surface area contributed by atoms with Gasteiger partial charge in [0.05, 0.1) is 33.0 Å². The zero-order valence-corrected chi connectivity index (χ0v) is 22.3. The number of benzene rings is 1. The van der Waals surface area contributed by atoms with Crippen LogP contribution in [0.2, 0.25) is 0 Å². The molecule has 0 radical (unpaired) electrons. The quantitative estimate of drug-likeness (QED) is 0.147. The van der Waals surface area contributed by atoms with Crippen molar-refractivity contribution in [1.82, 2.24) is 0 Å². The van der Waals surface area contributed by atoms with Crippen molar-refractivity contribution < 1.29 is 33.6 Å². The molecule has 0 fully saturated rings. The van der Waals surface area contributed by atoms with Crippen LogP contribution in [0.25, 0.3) is 0 Å². The van der Waals surface area contributed by atoms with Gasteiger partial charge in [-0.3, -0.25) is 9.59 Å². The van der Waals surface area contributed by atoms with Crippen molar-refractivity contribution in [3.05, 3.63) is 54.1 Å². The summed E-state index contributed by atoms with van der Waals surface area (Å²) in [5.41, 5.74) is 0.987. The number of aliphatic hydroxyl groups is 1. The fraction of sp³-hybridized carbons (Fsp3) is 0.586. The van der Waals surface area contributed by atoms with Gasteiger partial charge in [-0.05, 0) is 55.9 Å². The van der Waals surface area contributed by atoms with Crippen LogP contribution in [0, 0.1) is 0 Å². The maximum absolute atomic E-state index is 11.6. The van der Waals surface area contributed by atoms with Crippen molar-refractivity contribution in [2.45, 2.75) is 96.6 Å². The van der Waals surface area contributed by atoms with Gasteiger partial charge >= 0.3 is 11.9 Å². The Kier molecular flexibility index (Phi) is 17.0. The molecule has 0 aliphatic rings. The fourth-order valence-electron chi connectivity index (χ4n) is 3.64. The van der Waals surface area contributed by atoms with Crippen LogP contribution in [0.1, 0.15) is 77.2 Å². The second kappa shape index (κ2) is 19.5. The van der Waals surface area contributed by atoms with Gasteiger partial charge in [0, 0.05) is 13.3 Å². The predicted octanol–water partition coefficient (Wildman–Crippen LogP) is 5.69. The van der Waals surface area contributed by atoms with Crippen molar-refractivity contribution >= 4 is 11.9 Å². The van der Waals surface area contributed by atoms with E-state index in [9.17, 15) is 14.7 Å². The van der Waals surface area contributed by atoms with Gasteiger partial charge in [0.2, 0.25) is 0 Å². The first-order valence-corrected chi connectivity index (χ1v) is 12.9. The van der Waals surface area contributed by atoms with Gasteiger partial charge in [-0.1, -0.05) is 56.5 Å². The van der Waals surface area contributed by atoms with Gasteiger partial charge in [-0.15, -0.1) is 0 Å². The molecule has 0 aliphatic carbocycles. The first-order chi connectivity index (χ1) is 17.4. The van der Waals surface area contributed by atoms with E-state index in [1.165, 1.54) is 14.0 Å². The number of carbonyl (C=O) groups excluding carboxylic acids is 2. The third-order valence-corrected chi connectivity index (χ3v) is 5.71. The maximum atomic E-state index is 11.6. The Morgan fingerprint density at radius 3 is 2.31 bits per heavy atom. The van der Waals surface area contributed by atoms with Gasteiger partial charge in [0.15, 0.2) is 0 Å². The third kappa shape index (κ3) is 14.7. The standard InChI is InChI=1S/C29H44O7/c1-5-6-10-14-28(35-22-24-16-18-25(33-3)19-17-24)27(31)21-20-26(36-23(2)30)13-11-8-7-9-12-15-29(32)34-4/h6,10,16-21,26-28,31H,5,7-9,11-15,22H2,1-4H3/b10-6-,21-20+/t26-,27-,28-/m0/s1. The zero-order chi connectivity index (χ0) is 26.6. The number of carbonyl (C=O) groups is 2. The Balaban J connectivity index is 2.62. The second-order valence-corrected chi connectivity index (χ2v) is 8.72. The SMILES string of the molecule is CC/C=C\C[C@H](OCc1ccc(OC)cc1)[C@@H](O)/C=C/[C@H](CCCCCCCC(=O)OC)OC(C)=O. The minimum absolute atomic E-state index is 0.176. The highest BCUT2D eigenvalue weighted by Gasteiger charge is 2.18. The van der Waals surface area contributed by atoms with E-state index in [4.69, 9.17) is 14.2 Å². The number of hydrogen-bond donors (Lipinski definition) is 1. The molecule has 1 rings (SSSR count). The summed E-state index contributed by atoms with van der Waals surface area (Å²) in [5, 5.41) is 10.8. The molecule has 7 heteroatoms. The largest absolute Gasteiger partial charge is 0.497 e. The van der Waals surface area contributed by atoms with Crippen LogP contribution < -0.4 is 4.74 Å². The summed E-state index contributed by atoms with van der Waals surface area (Å²) >= 11 is 0. The summed E-state index contributed by atoms with van der Waals surface area (Å²) in [6, 6.07) is 7.63. The molecule has 1 aromatic rings. The number of rotatable bonds is 19. The lowest BCUT2D eigenvalue weighted by Crippen LogP contribution is -2.27. The van der Waals surface area contributed by atoms with E-state index in [-0.39, 0.29) is 11.9 Å². The molecule has 7 nitrogen and oxygen atoms in total. The Morgan fingerprint density at radius 2 is 1.67 bits per heavy atom. The van der Waals surface area contributed by atoms with Crippen molar-refractivity contribution in [1.29, 1.82) is 0 Å². The molecule has 36 heavy (non-hydrogen) atoms. The van der Waals surface area contributed by atoms with Gasteiger partial charge < -0.3 is 24.1 Å². The highest BCUT2D eigenvalue weighted by molar-refractivity contribution is 5.69. The summed E-state index contributed by atoms with van der Waals surface area (Å²) < 4.78 is 21.3. The number of unbranched alkanes of at least 4 members (excludes halogenated alkanes) is 4. The van der Waals surface area contributed by atoms with E-state index in [2.05, 4.69) is 11.7 Å². The average molecular weight is 505 g/mol. The summed E-state index contributed by atoms with van der Waals surface area (Å²) in [4.78, 5) is 22.7. The third-order valence-electron chi connectivity index (χ3n) is 5.71. The Bertz CT molecular complexity index is 785. The van der Waals surface area contributed by atoms with Gasteiger partial charge in [-0.2, -0.15) is 0 Å². The highest BCUT2D eigenvalue weighted by Crippen LogP contribution is 2.17. The normalized spacial score (nSPS) is 14.0. The molecule has 0 amide bonds. The molecule has 0 heterocycles. The molecular weight excluding hydrogens is 460 g/mol. The van der Waals surface area contributed by atoms with Gasteiger partial charge in [-0.25, -0.2) is 0 Å². The fourth-order valence-corrected chi connectivity index (χ4v) is 3.64. The van der Waals surface area contributed by atoms with Crippen LogP contribution in [0.15, 0.2) is 48.6 Å². The molecule has 0 saturated heterocycles. The van der Waals surface area contributed by atoms with Crippen LogP contribution in [-0.4, -0.2) is 49.6 Å². The minimum atomic E-state index is -0.846. The first-order valence-electron chi connectivity index (χ1n) is 12.9. The average Bonchev–Trinajstić information content (AvgIpc) is 2.88. The Morgan fingerprint density at radius 1 is 0.972 bits per heavy atom. The molecule has 1 N–H and O–H groups in total. The molecule has 202 valence electrons. The van der Waals surface area contributed by atoms with Crippen LogP contribution in [0.3, 0.4) is 0 Å². The predicted molar refractivity (Wildman–Crippen MR) is 141 cm³/mol. The van der Waals surface area contributed by atoms with Crippen molar-refractivity contribution in [3.63, 3.8) is 0 Å². The van der Waals surface area contributed by atoms with Gasteiger partial charge in [0.25, 0.3) is 0 Å². The van der Waals surface area contributed by atoms with Crippen LogP contribution in [0.5, 0.6) is 5.75 Å². The Labute approximate surface area is 216 Å². The van der Waals surface area contributed by atoms with E-state index in [1.54, 1.807) is 19.3 Å². The molecule has 0 bridgehead atoms. The molecule has 0 unspecified atom stereocenters. The lowest BCUT2D eigenvalue weighted by atomic mass is 10.0. The van der Waals surface area contributed by atoms with E-state index in [1.807, 2.05) is 36.4 Å². The second-order valence-electron chi connectivity index (χ2n) is 8.72. The number of esters is 2. The number of allylic oxidation sites excluding steroid dienone is 1. The van der Waals surface area contributed by atoms with E-state index < -0.39 is 18.3 Å². The minimum Gasteiger partial charge on any atom is -0.497 e. The lowest BCUT2D eigenvalue weighted by molar-refractivity contribution is -0.144. The molecule has 1 aromatic carbocycles. The summed E-state index contributed by atoms with van der Waals surface area (Å²) in [6.45, 7) is 3.81. The number of hydrogen-bond acceptors (Lipinski definition) is 7. The molecular formula is C29H44O7. The summed E-state index contributed by atoms with van der Waals surface area (Å²) in [5.74, 6) is 0.252. The van der Waals surface area contributed by atoms with Gasteiger partial charge in [0.1, 0.15) is 11.9 Å². The molecule has 0 aliphatic heterocycles. The summed E-state index contributed by atoms with van der Waals surface area (Å²) in [7, 11) is 3.03. The molecule has 0 spiro atoms. The number of aliphatic hydroxyl groups excluding tert-OH is 1. The van der Waals surface area contributed by atoms with Crippen LogP contribution >= 0.6 is 0 Å². The van der Waals surface area contributed by atoms with Crippen molar-refractivity contribution in [2.24, 2.45) is 0 Å². The van der Waals surface area contributed by atoms with Crippen molar-refractivity contribution in [2.75, 3.05) is 14.2 Å².